The number of carbonyl (C=O) groups excluding carboxylic acids is 1. The Labute approximate surface area is 220 Å². The Kier molecular flexibility index (Phi) is 9.12. The van der Waals surface area contributed by atoms with E-state index in [1.54, 1.807) is 44.5 Å². The van der Waals surface area contributed by atoms with Crippen LogP contribution >= 0.6 is 0 Å². The second-order valence-corrected chi connectivity index (χ2v) is 8.49. The fourth-order valence-electron chi connectivity index (χ4n) is 4.32. The molecule has 4 rings (SSSR count). The summed E-state index contributed by atoms with van der Waals surface area (Å²) in [4.78, 5) is 13.8. The van der Waals surface area contributed by atoms with Crippen molar-refractivity contribution in [1.82, 2.24) is 5.01 Å². The van der Waals surface area contributed by atoms with Crippen molar-refractivity contribution < 1.29 is 19.0 Å². The van der Waals surface area contributed by atoms with Crippen LogP contribution in [0.4, 0.5) is 0 Å². The average Bonchev–Trinajstić information content (AvgIpc) is 3.39. The van der Waals surface area contributed by atoms with Crippen LogP contribution in [0.5, 0.6) is 17.2 Å². The SMILES string of the molecule is C=Cc1ccc(C2=NN(C(=O)c3cc(OC)c(C)c(OC)c3)C(c3ccc(C)cc3)C2)cc1OC.CC. The van der Waals surface area contributed by atoms with Crippen molar-refractivity contribution in [2.24, 2.45) is 5.10 Å². The van der Waals surface area contributed by atoms with Gasteiger partial charge in [-0.3, -0.25) is 4.79 Å². The minimum absolute atomic E-state index is 0.225. The number of carbonyl (C=O) groups is 1. The lowest BCUT2D eigenvalue weighted by Gasteiger charge is -2.23. The summed E-state index contributed by atoms with van der Waals surface area (Å²) in [7, 11) is 4.79. The van der Waals surface area contributed by atoms with Gasteiger partial charge in [0.25, 0.3) is 5.91 Å². The third kappa shape index (κ3) is 5.69. The molecule has 0 bridgehead atoms. The summed E-state index contributed by atoms with van der Waals surface area (Å²) in [5.41, 5.74) is 6.07. The van der Waals surface area contributed by atoms with Crippen LogP contribution in [0.1, 0.15) is 64.5 Å². The molecule has 1 unspecified atom stereocenters. The van der Waals surface area contributed by atoms with Crippen molar-refractivity contribution in [3.8, 4) is 17.2 Å². The molecular weight excluding hydrogens is 464 g/mol. The molecule has 1 heterocycles. The van der Waals surface area contributed by atoms with Gasteiger partial charge in [-0.15, -0.1) is 0 Å². The number of rotatable bonds is 7. The van der Waals surface area contributed by atoms with Crippen molar-refractivity contribution in [2.75, 3.05) is 21.3 Å². The van der Waals surface area contributed by atoms with E-state index in [2.05, 4.69) is 30.8 Å². The molecule has 0 fully saturated rings. The molecule has 0 N–H and O–H groups in total. The van der Waals surface area contributed by atoms with Crippen LogP contribution in [0.15, 0.2) is 66.3 Å². The van der Waals surface area contributed by atoms with Gasteiger partial charge in [0.05, 0.1) is 33.1 Å². The van der Waals surface area contributed by atoms with Crippen molar-refractivity contribution in [1.29, 1.82) is 0 Å². The van der Waals surface area contributed by atoms with Crippen LogP contribution in [0.25, 0.3) is 6.08 Å². The van der Waals surface area contributed by atoms with Crippen molar-refractivity contribution in [3.63, 3.8) is 0 Å². The molecule has 0 radical (unpaired) electrons. The highest BCUT2D eigenvalue weighted by molar-refractivity contribution is 6.05. The summed E-state index contributed by atoms with van der Waals surface area (Å²) in [6.45, 7) is 11.8. The molecule has 3 aromatic carbocycles. The lowest BCUT2D eigenvalue weighted by atomic mass is 9.96. The maximum Gasteiger partial charge on any atom is 0.274 e. The summed E-state index contributed by atoms with van der Waals surface area (Å²) < 4.78 is 16.5. The van der Waals surface area contributed by atoms with E-state index in [9.17, 15) is 4.79 Å². The van der Waals surface area contributed by atoms with Gasteiger partial charge < -0.3 is 14.2 Å². The van der Waals surface area contributed by atoms with E-state index in [4.69, 9.17) is 19.3 Å². The standard InChI is InChI=1S/C29H30N2O4.C2H6/c1-7-20-12-13-22(14-28(20)35-6)24-17-25(21-10-8-18(2)9-11-21)31(30-24)29(32)23-15-26(33-4)19(3)27(16-23)34-5;1-2/h7-16,25H,1,17H2,2-6H3;1-2H3. The van der Waals surface area contributed by atoms with E-state index >= 15 is 0 Å². The zero-order chi connectivity index (χ0) is 27.1. The first-order valence-corrected chi connectivity index (χ1v) is 12.4. The maximum absolute atomic E-state index is 13.8. The van der Waals surface area contributed by atoms with E-state index in [0.29, 0.717) is 29.2 Å². The lowest BCUT2D eigenvalue weighted by molar-refractivity contribution is 0.0710. The molecule has 37 heavy (non-hydrogen) atoms. The molecule has 0 saturated heterocycles. The second-order valence-electron chi connectivity index (χ2n) is 8.49. The van der Waals surface area contributed by atoms with Gasteiger partial charge in [-0.2, -0.15) is 5.10 Å². The van der Waals surface area contributed by atoms with Crippen LogP contribution in [0.3, 0.4) is 0 Å². The topological polar surface area (TPSA) is 60.4 Å². The van der Waals surface area contributed by atoms with Gasteiger partial charge >= 0.3 is 0 Å². The Morgan fingerprint density at radius 2 is 1.51 bits per heavy atom. The van der Waals surface area contributed by atoms with E-state index in [1.165, 1.54) is 0 Å². The molecule has 194 valence electrons. The molecule has 1 aliphatic heterocycles. The number of ether oxygens (including phenoxy) is 3. The van der Waals surface area contributed by atoms with Gasteiger partial charge in [0.2, 0.25) is 0 Å². The quantitative estimate of drug-likeness (QED) is 0.351. The monoisotopic (exact) mass is 500 g/mol. The van der Waals surface area contributed by atoms with E-state index in [0.717, 1.165) is 33.5 Å². The van der Waals surface area contributed by atoms with Gasteiger partial charge in [-0.05, 0) is 37.6 Å². The Balaban J connectivity index is 0.00000186. The van der Waals surface area contributed by atoms with Crippen LogP contribution in [-0.2, 0) is 0 Å². The molecule has 0 spiro atoms. The molecule has 3 aromatic rings. The average molecular weight is 501 g/mol. The minimum Gasteiger partial charge on any atom is -0.496 e. The predicted molar refractivity (Wildman–Crippen MR) is 150 cm³/mol. The molecule has 0 aliphatic carbocycles. The van der Waals surface area contributed by atoms with Crippen molar-refractivity contribution in [3.05, 3.63) is 94.6 Å². The van der Waals surface area contributed by atoms with Crippen LogP contribution in [0, 0.1) is 13.8 Å². The largest absolute Gasteiger partial charge is 0.496 e. The molecule has 1 aliphatic rings. The normalized spacial score (nSPS) is 14.3. The number of benzene rings is 3. The lowest BCUT2D eigenvalue weighted by Crippen LogP contribution is -2.27. The molecule has 0 saturated carbocycles. The Bertz CT molecular complexity index is 1270. The summed E-state index contributed by atoms with van der Waals surface area (Å²) in [6, 6.07) is 17.3. The maximum atomic E-state index is 13.8. The summed E-state index contributed by atoms with van der Waals surface area (Å²) in [5.74, 6) is 1.67. The molecule has 6 nitrogen and oxygen atoms in total. The number of aryl methyl sites for hydroxylation is 1. The summed E-state index contributed by atoms with van der Waals surface area (Å²) in [5, 5.41) is 6.38. The summed E-state index contributed by atoms with van der Waals surface area (Å²) in [6.07, 6.45) is 2.33. The number of amides is 1. The van der Waals surface area contributed by atoms with Crippen LogP contribution < -0.4 is 14.2 Å². The van der Waals surface area contributed by atoms with E-state index < -0.39 is 0 Å². The first-order chi connectivity index (χ1) is 17.9. The van der Waals surface area contributed by atoms with Crippen molar-refractivity contribution in [2.45, 2.75) is 40.2 Å². The van der Waals surface area contributed by atoms with E-state index in [-0.39, 0.29) is 11.9 Å². The zero-order valence-corrected chi connectivity index (χ0v) is 22.8. The third-order valence-corrected chi connectivity index (χ3v) is 6.37. The number of hydrogen-bond acceptors (Lipinski definition) is 5. The molecule has 1 amide bonds. The third-order valence-electron chi connectivity index (χ3n) is 6.37. The van der Waals surface area contributed by atoms with Gasteiger partial charge in [-0.25, -0.2) is 5.01 Å². The Morgan fingerprint density at radius 3 is 2.05 bits per heavy atom. The molecule has 1 atom stereocenters. The Morgan fingerprint density at radius 1 is 0.919 bits per heavy atom. The van der Waals surface area contributed by atoms with Gasteiger partial charge in [-0.1, -0.05) is 68.5 Å². The zero-order valence-electron chi connectivity index (χ0n) is 22.8. The first kappa shape index (κ1) is 27.5. The second kappa shape index (κ2) is 12.3. The highest BCUT2D eigenvalue weighted by atomic mass is 16.5. The first-order valence-electron chi connectivity index (χ1n) is 12.4. The number of hydrazone groups is 1. The molecule has 0 aromatic heterocycles. The van der Waals surface area contributed by atoms with E-state index in [1.807, 2.05) is 45.9 Å². The fraction of sp³-hybridized carbons (Fsp3) is 0.290. The highest BCUT2D eigenvalue weighted by Gasteiger charge is 2.34. The fourth-order valence-corrected chi connectivity index (χ4v) is 4.32. The molecular formula is C31H36N2O4. The van der Waals surface area contributed by atoms with Gasteiger partial charge in [0.15, 0.2) is 0 Å². The number of methoxy groups -OCH3 is 3. The van der Waals surface area contributed by atoms with Gasteiger partial charge in [0.1, 0.15) is 17.2 Å². The van der Waals surface area contributed by atoms with Crippen LogP contribution in [-0.4, -0.2) is 38.0 Å². The predicted octanol–water partition coefficient (Wildman–Crippen LogP) is 6.99. The molecule has 6 heteroatoms. The minimum atomic E-state index is -0.249. The number of hydrogen-bond donors (Lipinski definition) is 0. The van der Waals surface area contributed by atoms with Crippen molar-refractivity contribution >= 4 is 17.7 Å². The highest BCUT2D eigenvalue weighted by Crippen LogP contribution is 2.37. The summed E-state index contributed by atoms with van der Waals surface area (Å²) >= 11 is 0. The van der Waals surface area contributed by atoms with Crippen LogP contribution in [0.2, 0.25) is 0 Å². The smallest absolute Gasteiger partial charge is 0.274 e. The Hall–Kier alpha value is -4.06. The number of nitrogens with zero attached hydrogens (tertiary/aromatic N) is 2. The van der Waals surface area contributed by atoms with Gasteiger partial charge in [0, 0.05) is 28.7 Å².